The Morgan fingerprint density at radius 1 is 1.10 bits per heavy atom. The predicted octanol–water partition coefficient (Wildman–Crippen LogP) is 3.20. The van der Waals surface area contributed by atoms with Gasteiger partial charge in [0.05, 0.1) is 24.1 Å². The molecule has 0 saturated carbocycles. The SMILES string of the molecule is CS(=O)(=O)N(Cc1ccc(CNNC(=O)C(F)F)cc1F)c1ccc(C(F)(F)F)cc1. The van der Waals surface area contributed by atoms with Gasteiger partial charge in [-0.2, -0.15) is 22.0 Å². The van der Waals surface area contributed by atoms with Gasteiger partial charge in [-0.1, -0.05) is 12.1 Å². The van der Waals surface area contributed by atoms with Crippen LogP contribution in [0.5, 0.6) is 0 Å². The molecule has 2 rings (SSSR count). The summed E-state index contributed by atoms with van der Waals surface area (Å²) in [5.74, 6) is -2.39. The van der Waals surface area contributed by atoms with E-state index in [0.29, 0.717) is 12.1 Å². The highest BCUT2D eigenvalue weighted by Gasteiger charge is 2.30. The van der Waals surface area contributed by atoms with Gasteiger partial charge in [-0.05, 0) is 35.9 Å². The lowest BCUT2D eigenvalue weighted by molar-refractivity contribution is -0.137. The summed E-state index contributed by atoms with van der Waals surface area (Å²) < 4.78 is 102. The standard InChI is InChI=1S/C18H17F6N3O3S/c1-31(29,30)27(14-6-4-13(5-7-14)18(22,23)24)10-12-3-2-11(8-15(12)19)9-25-26-17(28)16(20)21/h2-8,16,25H,9-10H2,1H3,(H,26,28). The summed E-state index contributed by atoms with van der Waals surface area (Å²) in [4.78, 5) is 10.8. The second kappa shape index (κ2) is 9.56. The first kappa shape index (κ1) is 24.5. The molecule has 0 spiro atoms. The van der Waals surface area contributed by atoms with Gasteiger partial charge in [0.25, 0.3) is 0 Å². The number of halogens is 6. The summed E-state index contributed by atoms with van der Waals surface area (Å²) in [7, 11) is -3.97. The van der Waals surface area contributed by atoms with Crippen molar-refractivity contribution in [3.05, 3.63) is 65.0 Å². The molecule has 0 aliphatic carbocycles. The second-order valence-electron chi connectivity index (χ2n) is 6.38. The molecule has 170 valence electrons. The monoisotopic (exact) mass is 469 g/mol. The Morgan fingerprint density at radius 2 is 1.71 bits per heavy atom. The zero-order valence-corrected chi connectivity index (χ0v) is 16.7. The lowest BCUT2D eigenvalue weighted by Crippen LogP contribution is -2.40. The summed E-state index contributed by atoms with van der Waals surface area (Å²) in [5, 5.41) is 0. The number of alkyl halides is 5. The first-order valence-electron chi connectivity index (χ1n) is 8.52. The van der Waals surface area contributed by atoms with E-state index in [4.69, 9.17) is 0 Å². The molecule has 2 aromatic carbocycles. The van der Waals surface area contributed by atoms with Crippen molar-refractivity contribution >= 4 is 21.6 Å². The zero-order chi connectivity index (χ0) is 23.4. The highest BCUT2D eigenvalue weighted by molar-refractivity contribution is 7.92. The molecule has 0 atom stereocenters. The molecule has 0 unspecified atom stereocenters. The van der Waals surface area contributed by atoms with Crippen molar-refractivity contribution in [2.45, 2.75) is 25.7 Å². The van der Waals surface area contributed by atoms with Gasteiger partial charge >= 0.3 is 18.5 Å². The largest absolute Gasteiger partial charge is 0.416 e. The number of sulfonamides is 1. The average molecular weight is 469 g/mol. The fraction of sp³-hybridized carbons (Fsp3) is 0.278. The quantitative estimate of drug-likeness (QED) is 0.460. The van der Waals surface area contributed by atoms with Crippen molar-refractivity contribution in [2.75, 3.05) is 10.6 Å². The first-order chi connectivity index (χ1) is 14.3. The van der Waals surface area contributed by atoms with Crippen LogP contribution in [0, 0.1) is 5.82 Å². The molecule has 0 saturated heterocycles. The summed E-state index contributed by atoms with van der Waals surface area (Å²) in [5.41, 5.74) is 3.05. The van der Waals surface area contributed by atoms with E-state index < -0.39 is 46.5 Å². The maximum atomic E-state index is 14.4. The van der Waals surface area contributed by atoms with Crippen LogP contribution in [-0.2, 0) is 34.1 Å². The maximum Gasteiger partial charge on any atom is 0.416 e. The topological polar surface area (TPSA) is 78.5 Å². The third-order valence-corrected chi connectivity index (χ3v) is 5.16. The van der Waals surface area contributed by atoms with E-state index in [1.54, 1.807) is 5.43 Å². The molecule has 2 N–H and O–H groups in total. The van der Waals surface area contributed by atoms with E-state index in [1.807, 2.05) is 0 Å². The summed E-state index contributed by atoms with van der Waals surface area (Å²) in [6.07, 6.45) is -7.00. The van der Waals surface area contributed by atoms with E-state index in [1.165, 1.54) is 12.1 Å². The van der Waals surface area contributed by atoms with Crippen LogP contribution in [0.1, 0.15) is 16.7 Å². The number of rotatable bonds is 8. The third-order valence-electron chi connectivity index (χ3n) is 4.02. The summed E-state index contributed by atoms with van der Waals surface area (Å²) in [6.45, 7) is -0.684. The highest BCUT2D eigenvalue weighted by atomic mass is 32.2. The Kier molecular flexibility index (Phi) is 7.54. The van der Waals surface area contributed by atoms with Gasteiger partial charge in [0, 0.05) is 12.1 Å². The highest BCUT2D eigenvalue weighted by Crippen LogP contribution is 2.31. The molecule has 0 fully saturated rings. The molecule has 2 aromatic rings. The first-order valence-corrected chi connectivity index (χ1v) is 10.4. The molecule has 0 aromatic heterocycles. The van der Waals surface area contributed by atoms with Crippen molar-refractivity contribution in [3.8, 4) is 0 Å². The van der Waals surface area contributed by atoms with Crippen LogP contribution in [0.3, 0.4) is 0 Å². The smallest absolute Gasteiger partial charge is 0.286 e. The summed E-state index contributed by atoms with van der Waals surface area (Å²) in [6, 6.07) is 6.97. The van der Waals surface area contributed by atoms with Crippen LogP contribution < -0.4 is 15.2 Å². The van der Waals surface area contributed by atoms with Crippen LogP contribution in [0.15, 0.2) is 42.5 Å². The number of carbonyl (C=O) groups is 1. The fourth-order valence-electron chi connectivity index (χ4n) is 2.49. The Labute approximate surface area is 173 Å². The molecule has 0 heterocycles. The Morgan fingerprint density at radius 3 is 2.19 bits per heavy atom. The zero-order valence-electron chi connectivity index (χ0n) is 15.9. The number of benzene rings is 2. The second-order valence-corrected chi connectivity index (χ2v) is 8.29. The van der Waals surface area contributed by atoms with Gasteiger partial charge in [0.1, 0.15) is 5.82 Å². The van der Waals surface area contributed by atoms with Gasteiger partial charge in [0.15, 0.2) is 0 Å². The Hall–Kier alpha value is -2.80. The lowest BCUT2D eigenvalue weighted by atomic mass is 10.1. The molecular formula is C18H17F6N3O3S. The van der Waals surface area contributed by atoms with Gasteiger partial charge in [0.2, 0.25) is 10.0 Å². The minimum Gasteiger partial charge on any atom is -0.286 e. The van der Waals surface area contributed by atoms with E-state index in [9.17, 15) is 39.6 Å². The van der Waals surface area contributed by atoms with E-state index >= 15 is 0 Å². The minimum absolute atomic E-state index is 0.0781. The van der Waals surface area contributed by atoms with Crippen LogP contribution in [0.25, 0.3) is 0 Å². The molecule has 0 aliphatic rings. The number of carbonyl (C=O) groups excluding carboxylic acids is 1. The normalized spacial score (nSPS) is 12.1. The van der Waals surface area contributed by atoms with Crippen molar-refractivity contribution in [2.24, 2.45) is 0 Å². The molecule has 0 aliphatic heterocycles. The van der Waals surface area contributed by atoms with Crippen LogP contribution in [0.2, 0.25) is 0 Å². The van der Waals surface area contributed by atoms with Crippen LogP contribution in [0.4, 0.5) is 32.0 Å². The fourth-order valence-corrected chi connectivity index (χ4v) is 3.37. The van der Waals surface area contributed by atoms with Gasteiger partial charge in [-0.15, -0.1) is 0 Å². The van der Waals surface area contributed by atoms with Gasteiger partial charge in [-0.3, -0.25) is 14.5 Å². The molecule has 6 nitrogen and oxygen atoms in total. The Bertz CT molecular complexity index is 1030. The molecule has 31 heavy (non-hydrogen) atoms. The predicted molar refractivity (Wildman–Crippen MR) is 99.9 cm³/mol. The van der Waals surface area contributed by atoms with E-state index in [-0.39, 0.29) is 23.4 Å². The van der Waals surface area contributed by atoms with Crippen molar-refractivity contribution in [1.29, 1.82) is 0 Å². The van der Waals surface area contributed by atoms with Gasteiger partial charge < -0.3 is 0 Å². The molecule has 1 amide bonds. The number of hydrazine groups is 1. The van der Waals surface area contributed by atoms with Crippen molar-refractivity contribution < 1.29 is 39.6 Å². The third kappa shape index (κ3) is 6.85. The lowest BCUT2D eigenvalue weighted by Gasteiger charge is -2.23. The summed E-state index contributed by atoms with van der Waals surface area (Å²) >= 11 is 0. The van der Waals surface area contributed by atoms with Gasteiger partial charge in [-0.25, -0.2) is 18.2 Å². The minimum atomic E-state index is -4.60. The van der Waals surface area contributed by atoms with E-state index in [0.717, 1.165) is 28.8 Å². The molecule has 13 heteroatoms. The molecule has 0 bridgehead atoms. The number of nitrogens with one attached hydrogen (secondary N) is 2. The van der Waals surface area contributed by atoms with Crippen LogP contribution >= 0.6 is 0 Å². The number of amides is 1. The maximum absolute atomic E-state index is 14.4. The van der Waals surface area contributed by atoms with Crippen molar-refractivity contribution in [1.82, 2.24) is 10.9 Å². The average Bonchev–Trinajstić information content (AvgIpc) is 2.65. The van der Waals surface area contributed by atoms with E-state index in [2.05, 4.69) is 5.43 Å². The number of anilines is 1. The molecular weight excluding hydrogens is 452 g/mol. The number of nitrogens with zero attached hydrogens (tertiary/aromatic N) is 1. The van der Waals surface area contributed by atoms with Crippen LogP contribution in [-0.4, -0.2) is 27.0 Å². The number of hydrogen-bond acceptors (Lipinski definition) is 4. The number of hydrogen-bond donors (Lipinski definition) is 2. The van der Waals surface area contributed by atoms with Crippen molar-refractivity contribution in [3.63, 3.8) is 0 Å². The molecule has 0 radical (unpaired) electrons. The Balaban J connectivity index is 2.18.